The quantitative estimate of drug-likeness (QED) is 0.723. The molecule has 1 atom stereocenters. The molecule has 2 aromatic carbocycles. The van der Waals surface area contributed by atoms with Gasteiger partial charge in [-0.25, -0.2) is 4.90 Å². The molecule has 30 heavy (non-hydrogen) atoms. The summed E-state index contributed by atoms with van der Waals surface area (Å²) in [4.78, 5) is 42.4. The van der Waals surface area contributed by atoms with E-state index in [0.717, 1.165) is 10.5 Å². The molecular formula is C23H26N3O4+. The predicted octanol–water partition coefficient (Wildman–Crippen LogP) is 0.297. The molecule has 2 aliphatic heterocycles. The third-order valence-electron chi connectivity index (χ3n) is 5.93. The van der Waals surface area contributed by atoms with E-state index < -0.39 is 0 Å². The molecule has 0 radical (unpaired) electrons. The van der Waals surface area contributed by atoms with E-state index in [-0.39, 0.29) is 30.2 Å². The van der Waals surface area contributed by atoms with Crippen LogP contribution < -0.4 is 14.5 Å². The maximum Gasteiger partial charge on any atom is 0.292 e. The highest BCUT2D eigenvalue weighted by Gasteiger charge is 2.46. The van der Waals surface area contributed by atoms with Crippen LogP contribution in [0.1, 0.15) is 12.0 Å². The number of amides is 3. The van der Waals surface area contributed by atoms with E-state index >= 15 is 0 Å². The number of piperazine rings is 1. The first-order valence-electron chi connectivity index (χ1n) is 10.2. The van der Waals surface area contributed by atoms with E-state index in [4.69, 9.17) is 4.74 Å². The largest absolute Gasteiger partial charge is 0.497 e. The fourth-order valence-electron chi connectivity index (χ4n) is 4.23. The molecule has 0 aromatic heterocycles. The van der Waals surface area contributed by atoms with Gasteiger partial charge in [0.2, 0.25) is 11.8 Å². The van der Waals surface area contributed by atoms with Gasteiger partial charge in [0.25, 0.3) is 5.91 Å². The molecule has 0 aliphatic carbocycles. The highest BCUT2D eigenvalue weighted by atomic mass is 16.5. The maximum atomic E-state index is 13.0. The van der Waals surface area contributed by atoms with Crippen LogP contribution in [0, 0.1) is 0 Å². The van der Waals surface area contributed by atoms with Gasteiger partial charge in [-0.2, -0.15) is 0 Å². The molecule has 156 valence electrons. The van der Waals surface area contributed by atoms with Crippen molar-refractivity contribution in [3.63, 3.8) is 0 Å². The fourth-order valence-corrected chi connectivity index (χ4v) is 4.23. The van der Waals surface area contributed by atoms with Crippen molar-refractivity contribution >= 4 is 23.4 Å². The monoisotopic (exact) mass is 408 g/mol. The lowest BCUT2D eigenvalue weighted by Gasteiger charge is -2.34. The first kappa shape index (κ1) is 20.1. The fraction of sp³-hybridized carbons (Fsp3) is 0.348. The van der Waals surface area contributed by atoms with Gasteiger partial charge in [-0.1, -0.05) is 30.3 Å². The Hall–Kier alpha value is -3.19. The van der Waals surface area contributed by atoms with Crippen molar-refractivity contribution in [3.05, 3.63) is 60.2 Å². The van der Waals surface area contributed by atoms with Crippen LogP contribution in [0.15, 0.2) is 54.6 Å². The van der Waals surface area contributed by atoms with E-state index in [9.17, 15) is 14.4 Å². The molecule has 2 aliphatic rings. The Balaban J connectivity index is 1.36. The summed E-state index contributed by atoms with van der Waals surface area (Å²) in [5.41, 5.74) is 1.58. The Bertz CT molecular complexity index is 921. The molecule has 0 bridgehead atoms. The summed E-state index contributed by atoms with van der Waals surface area (Å²) in [6.07, 6.45) is 0.598. The predicted molar refractivity (Wildman–Crippen MR) is 111 cm³/mol. The number of rotatable bonds is 5. The SMILES string of the molecule is COc1ccc(N2C(=O)C[C@H]([NH+]3CCN(C(=O)Cc4ccccc4)CC3)C2=O)cc1. The number of carbonyl (C=O) groups excluding carboxylic acids is 3. The lowest BCUT2D eigenvalue weighted by Crippen LogP contribution is -3.19. The van der Waals surface area contributed by atoms with Crippen molar-refractivity contribution in [1.82, 2.24) is 4.90 Å². The lowest BCUT2D eigenvalue weighted by atomic mass is 10.1. The highest BCUT2D eigenvalue weighted by molar-refractivity contribution is 6.21. The van der Waals surface area contributed by atoms with E-state index in [1.54, 1.807) is 31.4 Å². The minimum absolute atomic E-state index is 0.105. The van der Waals surface area contributed by atoms with Crippen molar-refractivity contribution in [2.75, 3.05) is 38.2 Å². The molecule has 0 spiro atoms. The molecular weight excluding hydrogens is 382 g/mol. The molecule has 1 N–H and O–H groups in total. The standard InChI is InChI=1S/C23H25N3O4/c1-30-19-9-7-18(8-10-19)26-22(28)16-20(23(26)29)24-11-13-25(14-12-24)21(27)15-17-5-3-2-4-6-17/h2-10,20H,11-16H2,1H3/p+1/t20-/m0/s1. The third-order valence-corrected chi connectivity index (χ3v) is 5.93. The topological polar surface area (TPSA) is 71.4 Å². The highest BCUT2D eigenvalue weighted by Crippen LogP contribution is 2.24. The number of carbonyl (C=O) groups is 3. The number of imide groups is 1. The summed E-state index contributed by atoms with van der Waals surface area (Å²) in [5, 5.41) is 0. The Morgan fingerprint density at radius 2 is 1.70 bits per heavy atom. The minimum Gasteiger partial charge on any atom is -0.497 e. The molecule has 0 saturated carbocycles. The first-order valence-corrected chi connectivity index (χ1v) is 10.2. The number of nitrogens with one attached hydrogen (secondary N) is 1. The van der Waals surface area contributed by atoms with Gasteiger partial charge in [-0.3, -0.25) is 14.4 Å². The van der Waals surface area contributed by atoms with E-state index in [1.165, 1.54) is 4.90 Å². The number of benzene rings is 2. The Morgan fingerprint density at radius 1 is 1.03 bits per heavy atom. The number of methoxy groups -OCH3 is 1. The number of quaternary nitrogens is 1. The molecule has 0 unspecified atom stereocenters. The molecule has 2 fully saturated rings. The summed E-state index contributed by atoms with van der Waals surface area (Å²) in [5.74, 6) is 0.444. The maximum absolute atomic E-state index is 13.0. The van der Waals surface area contributed by atoms with Crippen LogP contribution in [0.4, 0.5) is 5.69 Å². The van der Waals surface area contributed by atoms with E-state index in [0.29, 0.717) is 44.0 Å². The van der Waals surface area contributed by atoms with Crippen LogP contribution in [0.3, 0.4) is 0 Å². The number of anilines is 1. The van der Waals surface area contributed by atoms with Crippen molar-refractivity contribution in [1.29, 1.82) is 0 Å². The molecule has 4 rings (SSSR count). The first-order chi connectivity index (χ1) is 14.6. The van der Waals surface area contributed by atoms with Crippen LogP contribution in [0.2, 0.25) is 0 Å². The summed E-state index contributed by atoms with van der Waals surface area (Å²) < 4.78 is 5.14. The second-order valence-electron chi connectivity index (χ2n) is 7.72. The van der Waals surface area contributed by atoms with Crippen molar-refractivity contribution in [2.45, 2.75) is 18.9 Å². The second-order valence-corrected chi connectivity index (χ2v) is 7.72. The van der Waals surface area contributed by atoms with Gasteiger partial charge in [-0.15, -0.1) is 0 Å². The molecule has 2 aromatic rings. The van der Waals surface area contributed by atoms with Crippen LogP contribution in [-0.4, -0.2) is 62.0 Å². The smallest absolute Gasteiger partial charge is 0.292 e. The molecule has 2 heterocycles. The van der Waals surface area contributed by atoms with Gasteiger partial charge in [0.1, 0.15) is 5.75 Å². The molecule has 2 saturated heterocycles. The van der Waals surface area contributed by atoms with Gasteiger partial charge < -0.3 is 14.5 Å². The number of hydrogen-bond donors (Lipinski definition) is 1. The Labute approximate surface area is 175 Å². The third kappa shape index (κ3) is 4.07. The van der Waals surface area contributed by atoms with Crippen LogP contribution >= 0.6 is 0 Å². The Kier molecular flexibility index (Phi) is 5.81. The van der Waals surface area contributed by atoms with Gasteiger partial charge >= 0.3 is 0 Å². The Morgan fingerprint density at radius 3 is 2.33 bits per heavy atom. The zero-order chi connectivity index (χ0) is 21.1. The van der Waals surface area contributed by atoms with Crippen LogP contribution in [0.5, 0.6) is 5.75 Å². The van der Waals surface area contributed by atoms with Gasteiger partial charge in [0, 0.05) is 0 Å². The zero-order valence-electron chi connectivity index (χ0n) is 17.0. The summed E-state index contributed by atoms with van der Waals surface area (Å²) >= 11 is 0. The van der Waals surface area contributed by atoms with E-state index in [2.05, 4.69) is 0 Å². The van der Waals surface area contributed by atoms with Crippen LogP contribution in [0.25, 0.3) is 0 Å². The zero-order valence-corrected chi connectivity index (χ0v) is 17.0. The van der Waals surface area contributed by atoms with Gasteiger partial charge in [0.15, 0.2) is 6.04 Å². The lowest BCUT2D eigenvalue weighted by molar-refractivity contribution is -0.918. The average Bonchev–Trinajstić information content (AvgIpc) is 3.08. The number of ether oxygens (including phenoxy) is 1. The number of hydrogen-bond acceptors (Lipinski definition) is 4. The molecule has 7 nitrogen and oxygen atoms in total. The van der Waals surface area contributed by atoms with Crippen molar-refractivity contribution < 1.29 is 24.0 Å². The van der Waals surface area contributed by atoms with Crippen LogP contribution in [-0.2, 0) is 20.8 Å². The van der Waals surface area contributed by atoms with Gasteiger partial charge in [0.05, 0.1) is 51.8 Å². The summed E-state index contributed by atoms with van der Waals surface area (Å²) in [6, 6.07) is 16.3. The normalized spacial score (nSPS) is 20.0. The summed E-state index contributed by atoms with van der Waals surface area (Å²) in [6.45, 7) is 2.53. The average molecular weight is 408 g/mol. The second kappa shape index (κ2) is 8.67. The van der Waals surface area contributed by atoms with Crippen molar-refractivity contribution in [3.8, 4) is 5.75 Å². The van der Waals surface area contributed by atoms with Gasteiger partial charge in [-0.05, 0) is 29.8 Å². The van der Waals surface area contributed by atoms with E-state index in [1.807, 2.05) is 35.2 Å². The minimum atomic E-state index is -0.383. The molecule has 7 heteroatoms. The summed E-state index contributed by atoms with van der Waals surface area (Å²) in [7, 11) is 1.57. The van der Waals surface area contributed by atoms with Crippen molar-refractivity contribution in [2.24, 2.45) is 0 Å². The number of nitrogens with zero attached hydrogens (tertiary/aromatic N) is 2. The molecule has 3 amide bonds.